The van der Waals surface area contributed by atoms with Gasteiger partial charge in [0.1, 0.15) is 11.5 Å². The summed E-state index contributed by atoms with van der Waals surface area (Å²) in [6, 6.07) is 44.1. The van der Waals surface area contributed by atoms with E-state index in [4.69, 9.17) is 124 Å². The van der Waals surface area contributed by atoms with E-state index in [1.807, 2.05) is 0 Å². The van der Waals surface area contributed by atoms with Crippen LogP contribution in [0.5, 0.6) is 11.5 Å². The normalized spacial score (nSPS) is 18.1. The Morgan fingerprint density at radius 3 is 0.986 bits per heavy atom. The Morgan fingerprint density at radius 2 is 0.700 bits per heavy atom. The van der Waals surface area contributed by atoms with Crippen molar-refractivity contribution < 1.29 is 18.3 Å². The molecule has 0 heterocycles. The van der Waals surface area contributed by atoms with Crippen molar-refractivity contribution in [3.8, 4) is 22.6 Å². The quantitative estimate of drug-likeness (QED) is 0.123. The molecule has 0 fully saturated rings. The first kappa shape index (κ1) is 56.1. The van der Waals surface area contributed by atoms with Crippen LogP contribution in [0, 0.1) is 0 Å². The number of halogens is 12. The summed E-state index contributed by atoms with van der Waals surface area (Å²) in [6.45, 7) is 0. The summed E-state index contributed by atoms with van der Waals surface area (Å²) >= 11 is 0. The van der Waals surface area contributed by atoms with Crippen molar-refractivity contribution in [1.82, 2.24) is 0 Å². The molecule has 6 aromatic carbocycles. The van der Waals surface area contributed by atoms with E-state index < -0.39 is 18.3 Å². The summed E-state index contributed by atoms with van der Waals surface area (Å²) < 4.78 is 22.7. The number of methoxy groups -OCH3 is 2. The molecular formula is C52H42Cl12O4Sb2. The van der Waals surface area contributed by atoms with Gasteiger partial charge in [-0.1, -0.05) is 97.1 Å². The Bertz CT molecular complexity index is 3000. The van der Waals surface area contributed by atoms with Crippen LogP contribution in [0.15, 0.2) is 181 Å². The zero-order chi connectivity index (χ0) is 51.0. The minimum absolute atomic E-state index is 0.135. The maximum absolute atomic E-state index is 5.68. The Kier molecular flexibility index (Phi) is 16.4. The van der Waals surface area contributed by atoms with Gasteiger partial charge in [-0.3, -0.25) is 8.85 Å². The first-order valence-corrected chi connectivity index (χ1v) is 59.8. The molecule has 4 nitrogen and oxygen atoms in total. The van der Waals surface area contributed by atoms with E-state index >= 15 is 0 Å². The Hall–Kier alpha value is -1.66. The predicted octanol–water partition coefficient (Wildman–Crippen LogP) is 19.0. The number of hydrogen-bond donors (Lipinski definition) is 0. The van der Waals surface area contributed by atoms with E-state index in [9.17, 15) is 0 Å². The molecule has 0 radical (unpaired) electrons. The molecule has 0 aliphatic heterocycles. The van der Waals surface area contributed by atoms with Gasteiger partial charge in [-0.25, -0.2) is 0 Å². The molecule has 0 unspecified atom stereocenters. The van der Waals surface area contributed by atoms with Gasteiger partial charge in [0.25, 0.3) is 14.2 Å². The molecule has 6 aromatic rings. The summed E-state index contributed by atoms with van der Waals surface area (Å²) in [5, 5.41) is 4.91. The van der Waals surface area contributed by atoms with Crippen molar-refractivity contribution in [1.29, 1.82) is 0 Å². The molecule has 0 saturated heterocycles. The molecular weight excluding hydrogens is 1360 g/mol. The molecule has 0 aromatic heterocycles. The summed E-state index contributed by atoms with van der Waals surface area (Å²) in [6.07, 6.45) is 17.1. The van der Waals surface area contributed by atoms with Gasteiger partial charge in [0, 0.05) is 36.1 Å². The van der Waals surface area contributed by atoms with Gasteiger partial charge in [-0.05, 0) is 126 Å². The molecule has 0 amide bonds. The van der Waals surface area contributed by atoms with Crippen LogP contribution in [-0.2, 0) is 8.85 Å². The Morgan fingerprint density at radius 1 is 0.400 bits per heavy atom. The van der Waals surface area contributed by atoms with Crippen LogP contribution in [0.1, 0.15) is 34.1 Å². The van der Waals surface area contributed by atoms with Gasteiger partial charge in [-0.15, -0.1) is 0 Å². The summed E-state index contributed by atoms with van der Waals surface area (Å²) in [5.74, 6) is 2.99. The van der Waals surface area contributed by atoms with Crippen LogP contribution in [0.2, 0.25) is 0 Å². The number of ether oxygens (including phenoxy) is 2. The Balaban J connectivity index is 0.000000452. The first-order chi connectivity index (χ1) is 32.5. The fraction of sp³-hybridized carbons (Fsp3) is 0.115. The topological polar surface area (TPSA) is 41.1 Å². The number of fused-ring (bicyclic) bond motifs is 7. The van der Waals surface area contributed by atoms with E-state index in [1.54, 1.807) is 28.4 Å². The SMILES string of the molecule is COc1ccc(C(=C2C=CC(=[O+]C)C=C2)[C@H]2c3ccc4ccccc4c3-c3c(ccc4ccccc34)[C@@H]2C(=C2C=CC(=[O+]C)C=C2)c2ccc(OC)cc2)cc1.[Cl][Sb-]([Cl])([Cl])([Cl])([Cl])[Cl].[Cl][Sb-]([Cl])([Cl])([Cl])([Cl])[Cl]. The molecule has 3 aliphatic carbocycles. The third-order valence-corrected chi connectivity index (χ3v) is 11.4. The maximum atomic E-state index is 5.68. The fourth-order valence-corrected chi connectivity index (χ4v) is 8.79. The fourth-order valence-electron chi connectivity index (χ4n) is 8.79. The molecule has 0 saturated carbocycles. The molecule has 18 heteroatoms. The van der Waals surface area contributed by atoms with Crippen LogP contribution < -0.4 is 9.47 Å². The summed E-state index contributed by atoms with van der Waals surface area (Å²) in [7, 11) is 56.8. The third-order valence-electron chi connectivity index (χ3n) is 11.4. The van der Waals surface area contributed by atoms with Crippen molar-refractivity contribution >= 4 is 168 Å². The predicted molar refractivity (Wildman–Crippen MR) is 312 cm³/mol. The van der Waals surface area contributed by atoms with E-state index in [0.29, 0.717) is 0 Å². The monoisotopic (exact) mass is 1390 g/mol. The number of hydrogen-bond acceptors (Lipinski definition) is 2. The zero-order valence-electron chi connectivity index (χ0n) is 37.4. The van der Waals surface area contributed by atoms with Gasteiger partial charge < -0.3 is 9.47 Å². The number of ketones is 2. The molecule has 0 bridgehead atoms. The molecule has 9 rings (SSSR count). The number of rotatable bonds is 6. The summed E-state index contributed by atoms with van der Waals surface area (Å²) in [4.78, 5) is 0. The molecule has 70 heavy (non-hydrogen) atoms. The van der Waals surface area contributed by atoms with E-state index in [1.165, 1.54) is 54.9 Å². The van der Waals surface area contributed by atoms with Gasteiger partial charge in [0.2, 0.25) is 0 Å². The van der Waals surface area contributed by atoms with Gasteiger partial charge in [0.05, 0.1) is 14.2 Å². The van der Waals surface area contributed by atoms with Crippen LogP contribution in [0.25, 0.3) is 43.8 Å². The van der Waals surface area contributed by atoms with Crippen LogP contribution in [0.4, 0.5) is 0 Å². The molecule has 0 spiro atoms. The van der Waals surface area contributed by atoms with Crippen molar-refractivity contribution in [2.75, 3.05) is 28.4 Å². The van der Waals surface area contributed by atoms with Crippen molar-refractivity contribution in [3.63, 3.8) is 0 Å². The third kappa shape index (κ3) is 15.7. The molecule has 2 atom stereocenters. The van der Waals surface area contributed by atoms with E-state index in [0.717, 1.165) is 45.3 Å². The molecule has 3 aliphatic rings. The van der Waals surface area contributed by atoms with Crippen molar-refractivity contribution in [2.45, 2.75) is 11.8 Å². The molecule has 0 N–H and O–H groups in total. The van der Waals surface area contributed by atoms with Gasteiger partial charge >= 0.3 is 136 Å². The van der Waals surface area contributed by atoms with E-state index in [2.05, 4.69) is 170 Å². The van der Waals surface area contributed by atoms with Crippen molar-refractivity contribution in [3.05, 3.63) is 203 Å². The van der Waals surface area contributed by atoms with Crippen LogP contribution in [0.3, 0.4) is 0 Å². The second-order valence-corrected chi connectivity index (χ2v) is 130. The van der Waals surface area contributed by atoms with Crippen LogP contribution in [-0.4, -0.2) is 58.3 Å². The van der Waals surface area contributed by atoms with E-state index in [-0.39, 0.29) is 11.8 Å². The van der Waals surface area contributed by atoms with Gasteiger partial charge in [0.15, 0.2) is 0 Å². The standard InChI is InChI=1S/C52H42O4.12ClH.2Sb/c1-53-39-23-13-35(14-24-39)47(36-15-25-40(54-2)26-16-36)51-45-31-21-33-9-5-7-11-43(33)49(45)50-44-12-8-6-10-34(44)22-32-46(50)52(51)48(37-17-27-41(55-3)28-18-37)38-19-29-42(56-4)30-20-38;;;;;;;;;;;;;;/h5-32,51-52H,1-4H3;12*1H;;/q+2;;;;;;;;;;;;;2*+5/p-12/t51-,52-;;;;;;;;;;;;;;/m1............../s1. The Labute approximate surface area is 447 Å². The number of allylic oxidation sites excluding steroid dienone is 12. The number of benzene rings is 6. The van der Waals surface area contributed by atoms with Gasteiger partial charge in [-0.2, -0.15) is 0 Å². The molecule has 368 valence electrons. The first-order valence-electron chi connectivity index (χ1n) is 21.0. The number of carbonyl (C=O) groups excluding carboxylic acids is 2. The van der Waals surface area contributed by atoms with Crippen molar-refractivity contribution in [2.24, 2.45) is 0 Å². The van der Waals surface area contributed by atoms with Crippen LogP contribution >= 0.6 is 106 Å². The zero-order valence-corrected chi connectivity index (χ0v) is 51.6. The minimum atomic E-state index is -5.42. The average molecular weight is 1400 g/mol. The second kappa shape index (κ2) is 20.5. The summed E-state index contributed by atoms with van der Waals surface area (Å²) in [5.41, 5.74) is 12.0. The average Bonchev–Trinajstić information content (AvgIpc) is 3.30. The second-order valence-electron chi connectivity index (χ2n) is 16.1.